The summed E-state index contributed by atoms with van der Waals surface area (Å²) < 4.78 is 6.19. The predicted octanol–water partition coefficient (Wildman–Crippen LogP) is 4.26. The van der Waals surface area contributed by atoms with Gasteiger partial charge in [-0.3, -0.25) is 0 Å². The molecule has 0 aromatic heterocycles. The zero-order valence-electron chi connectivity index (χ0n) is 10.3. The molecule has 0 atom stereocenters. The third-order valence-corrected chi connectivity index (χ3v) is 3.83. The van der Waals surface area contributed by atoms with Gasteiger partial charge < -0.3 is 9.84 Å². The smallest absolute Gasteiger partial charge is 0.136 e. The molecule has 1 heterocycles. The van der Waals surface area contributed by atoms with Crippen molar-refractivity contribution in [2.45, 2.75) is 6.42 Å². The summed E-state index contributed by atoms with van der Waals surface area (Å²) in [6.07, 6.45) is 4.89. The number of halogens is 1. The predicted molar refractivity (Wildman–Crippen MR) is 80.4 cm³/mol. The van der Waals surface area contributed by atoms with Gasteiger partial charge in [-0.1, -0.05) is 30.4 Å². The number of phenols is 1. The van der Waals surface area contributed by atoms with Crippen molar-refractivity contribution < 1.29 is 9.84 Å². The van der Waals surface area contributed by atoms with E-state index < -0.39 is 0 Å². The summed E-state index contributed by atoms with van der Waals surface area (Å²) in [5.74, 6) is 1.26. The van der Waals surface area contributed by atoms with Crippen LogP contribution in [-0.2, 0) is 6.42 Å². The van der Waals surface area contributed by atoms with Crippen LogP contribution in [0, 0.1) is 0 Å². The molecule has 0 saturated heterocycles. The van der Waals surface area contributed by atoms with E-state index in [1.165, 1.54) is 5.56 Å². The molecular weight excluding hydrogens is 304 g/mol. The van der Waals surface area contributed by atoms with E-state index in [4.69, 9.17) is 4.74 Å². The van der Waals surface area contributed by atoms with Crippen molar-refractivity contribution in [2.24, 2.45) is 0 Å². The Morgan fingerprint density at radius 3 is 2.95 bits per heavy atom. The minimum atomic E-state index is 0.267. The lowest BCUT2D eigenvalue weighted by Crippen LogP contribution is -1.85. The molecule has 0 aliphatic carbocycles. The first kappa shape index (κ1) is 12.3. The zero-order chi connectivity index (χ0) is 13.2. The van der Waals surface area contributed by atoms with Crippen molar-refractivity contribution >= 4 is 28.1 Å². The molecule has 0 unspecified atom stereocenters. The molecule has 2 aromatic rings. The average molecular weight is 317 g/mol. The molecule has 0 saturated carbocycles. The molecule has 1 aliphatic rings. The van der Waals surface area contributed by atoms with Crippen molar-refractivity contribution in [1.82, 2.24) is 0 Å². The molecule has 1 aliphatic heterocycles. The van der Waals surface area contributed by atoms with Gasteiger partial charge in [0.1, 0.15) is 11.5 Å². The van der Waals surface area contributed by atoms with E-state index in [9.17, 15) is 5.11 Å². The van der Waals surface area contributed by atoms with Gasteiger partial charge in [0, 0.05) is 12.0 Å². The first-order valence-electron chi connectivity index (χ1n) is 6.15. The van der Waals surface area contributed by atoms with Crippen molar-refractivity contribution in [3.8, 4) is 11.5 Å². The maximum atomic E-state index is 9.91. The van der Waals surface area contributed by atoms with Gasteiger partial charge >= 0.3 is 0 Å². The monoisotopic (exact) mass is 316 g/mol. The molecule has 0 bridgehead atoms. The fourth-order valence-electron chi connectivity index (χ4n) is 2.16. The van der Waals surface area contributed by atoms with Crippen LogP contribution in [0.25, 0.3) is 12.2 Å². The molecule has 19 heavy (non-hydrogen) atoms. The Balaban J connectivity index is 1.88. The molecule has 0 radical (unpaired) electrons. The van der Waals surface area contributed by atoms with Crippen molar-refractivity contribution in [3.05, 3.63) is 57.6 Å². The van der Waals surface area contributed by atoms with Crippen LogP contribution < -0.4 is 4.74 Å². The Morgan fingerprint density at radius 1 is 1.16 bits per heavy atom. The van der Waals surface area contributed by atoms with Crippen molar-refractivity contribution in [2.75, 3.05) is 6.61 Å². The van der Waals surface area contributed by atoms with Crippen molar-refractivity contribution in [1.29, 1.82) is 0 Å². The van der Waals surface area contributed by atoms with E-state index in [1.807, 2.05) is 42.5 Å². The number of ether oxygens (including phenoxy) is 1. The third kappa shape index (κ3) is 2.51. The van der Waals surface area contributed by atoms with Gasteiger partial charge in [0.15, 0.2) is 0 Å². The lowest BCUT2D eigenvalue weighted by molar-refractivity contribution is 0.357. The van der Waals surface area contributed by atoms with Gasteiger partial charge in [-0.2, -0.15) is 0 Å². The highest BCUT2D eigenvalue weighted by Gasteiger charge is 2.11. The number of para-hydroxylation sites is 1. The van der Waals surface area contributed by atoms with Gasteiger partial charge in [0.05, 0.1) is 11.1 Å². The number of hydrogen-bond acceptors (Lipinski definition) is 2. The fourth-order valence-corrected chi connectivity index (χ4v) is 2.54. The summed E-state index contributed by atoms with van der Waals surface area (Å²) in [6, 6.07) is 11.8. The summed E-state index contributed by atoms with van der Waals surface area (Å²) in [7, 11) is 0. The molecule has 2 aromatic carbocycles. The van der Waals surface area contributed by atoms with Gasteiger partial charge in [-0.05, 0) is 45.3 Å². The lowest BCUT2D eigenvalue weighted by Gasteiger charge is -2.02. The normalized spacial score (nSPS) is 13.5. The number of rotatable bonds is 2. The van der Waals surface area contributed by atoms with Crippen LogP contribution in [0.15, 0.2) is 40.9 Å². The molecule has 0 amide bonds. The van der Waals surface area contributed by atoms with E-state index in [0.717, 1.165) is 29.9 Å². The van der Waals surface area contributed by atoms with E-state index in [0.29, 0.717) is 4.47 Å². The van der Waals surface area contributed by atoms with E-state index in [1.54, 1.807) is 0 Å². The molecule has 0 spiro atoms. The number of fused-ring (bicyclic) bond motifs is 1. The molecule has 3 heteroatoms. The molecule has 3 rings (SSSR count). The Kier molecular flexibility index (Phi) is 3.30. The molecule has 2 nitrogen and oxygen atoms in total. The third-order valence-electron chi connectivity index (χ3n) is 3.19. The highest BCUT2D eigenvalue weighted by atomic mass is 79.9. The topological polar surface area (TPSA) is 29.5 Å². The summed E-state index contributed by atoms with van der Waals surface area (Å²) in [4.78, 5) is 0. The van der Waals surface area contributed by atoms with Gasteiger partial charge in [-0.15, -0.1) is 0 Å². The quantitative estimate of drug-likeness (QED) is 0.839. The average Bonchev–Trinajstić information content (AvgIpc) is 2.88. The van der Waals surface area contributed by atoms with Crippen LogP contribution in [0.1, 0.15) is 16.7 Å². The Bertz CT molecular complexity index is 647. The van der Waals surface area contributed by atoms with E-state index in [2.05, 4.69) is 22.0 Å². The number of phenolic OH excluding ortho intramolecular Hbond substituents is 1. The second kappa shape index (κ2) is 5.10. The minimum absolute atomic E-state index is 0.267. The van der Waals surface area contributed by atoms with Crippen LogP contribution in [0.2, 0.25) is 0 Å². The first-order chi connectivity index (χ1) is 9.24. The second-order valence-corrected chi connectivity index (χ2v) is 5.33. The van der Waals surface area contributed by atoms with Crippen LogP contribution in [-0.4, -0.2) is 11.7 Å². The first-order valence-corrected chi connectivity index (χ1v) is 6.94. The largest absolute Gasteiger partial charge is 0.506 e. The molecule has 1 N–H and O–H groups in total. The van der Waals surface area contributed by atoms with Gasteiger partial charge in [-0.25, -0.2) is 0 Å². The van der Waals surface area contributed by atoms with Gasteiger partial charge in [0.25, 0.3) is 0 Å². The van der Waals surface area contributed by atoms with Crippen molar-refractivity contribution in [3.63, 3.8) is 0 Å². The van der Waals surface area contributed by atoms with Gasteiger partial charge in [0.2, 0.25) is 0 Å². The SMILES string of the molecule is Oc1c(Br)cccc1C=Cc1ccc2c(c1)CCO2. The summed E-state index contributed by atoms with van der Waals surface area (Å²) >= 11 is 3.31. The fraction of sp³-hybridized carbons (Fsp3) is 0.125. The minimum Gasteiger partial charge on any atom is -0.506 e. The summed E-state index contributed by atoms with van der Waals surface area (Å²) in [6.45, 7) is 0.773. The highest BCUT2D eigenvalue weighted by molar-refractivity contribution is 9.10. The maximum absolute atomic E-state index is 9.91. The molecule has 96 valence electrons. The van der Waals surface area contributed by atoms with Crippen LogP contribution in [0.5, 0.6) is 11.5 Å². The van der Waals surface area contributed by atoms with E-state index in [-0.39, 0.29) is 5.75 Å². The summed E-state index contributed by atoms with van der Waals surface area (Å²) in [5.41, 5.74) is 3.16. The second-order valence-electron chi connectivity index (χ2n) is 4.48. The highest BCUT2D eigenvalue weighted by Crippen LogP contribution is 2.30. The summed E-state index contributed by atoms with van der Waals surface area (Å²) in [5, 5.41) is 9.91. The number of benzene rings is 2. The molecular formula is C16H13BrO2. The maximum Gasteiger partial charge on any atom is 0.136 e. The van der Waals surface area contributed by atoms with Crippen LogP contribution >= 0.6 is 15.9 Å². The van der Waals surface area contributed by atoms with Crippen LogP contribution in [0.4, 0.5) is 0 Å². The number of hydrogen-bond donors (Lipinski definition) is 1. The Morgan fingerprint density at radius 2 is 2.05 bits per heavy atom. The standard InChI is InChI=1S/C16H13BrO2/c17-14-3-1-2-12(16(14)18)6-4-11-5-7-15-13(10-11)8-9-19-15/h1-7,10,18H,8-9H2. The lowest BCUT2D eigenvalue weighted by atomic mass is 10.1. The zero-order valence-corrected chi connectivity index (χ0v) is 11.9. The Labute approximate surface area is 120 Å². The molecule has 0 fully saturated rings. The van der Waals surface area contributed by atoms with E-state index >= 15 is 0 Å². The number of aromatic hydroxyl groups is 1. The Hall–Kier alpha value is -1.74. The van der Waals surface area contributed by atoms with Crippen LogP contribution in [0.3, 0.4) is 0 Å².